The summed E-state index contributed by atoms with van der Waals surface area (Å²) in [5, 5.41) is 0. The highest BCUT2D eigenvalue weighted by Crippen LogP contribution is 2.32. The van der Waals surface area contributed by atoms with Crippen LogP contribution in [0.3, 0.4) is 0 Å². The maximum atomic E-state index is 13.6. The lowest BCUT2D eigenvalue weighted by molar-refractivity contribution is 0.0742. The van der Waals surface area contributed by atoms with Gasteiger partial charge in [0.1, 0.15) is 0 Å². The normalized spacial score (nSPS) is 13.8. The van der Waals surface area contributed by atoms with Crippen LogP contribution in [-0.4, -0.2) is 29.7 Å². The SMILES string of the molecule is Cc1ccc(C)c(N2C(=O)c3ccc(C(=O)N(C)C(C)c4ccc(F)c(F)c4)cc3C2=O)c1. The zero-order valence-electron chi connectivity index (χ0n) is 18.6. The fourth-order valence-corrected chi connectivity index (χ4v) is 3.93. The molecule has 7 heteroatoms. The fraction of sp³-hybridized carbons (Fsp3) is 0.192. The summed E-state index contributed by atoms with van der Waals surface area (Å²) in [6, 6.07) is 12.8. The molecule has 0 saturated carbocycles. The molecule has 3 aromatic rings. The second kappa shape index (κ2) is 8.24. The van der Waals surface area contributed by atoms with E-state index in [0.29, 0.717) is 11.3 Å². The largest absolute Gasteiger partial charge is 0.335 e. The van der Waals surface area contributed by atoms with Gasteiger partial charge in [-0.2, -0.15) is 0 Å². The molecule has 1 unspecified atom stereocenters. The van der Waals surface area contributed by atoms with Crippen LogP contribution in [0.5, 0.6) is 0 Å². The summed E-state index contributed by atoms with van der Waals surface area (Å²) in [5.74, 6) is -3.30. The first-order chi connectivity index (χ1) is 15.6. The quantitative estimate of drug-likeness (QED) is 0.515. The molecule has 0 spiro atoms. The molecule has 3 aromatic carbocycles. The van der Waals surface area contributed by atoms with Crippen molar-refractivity contribution >= 4 is 23.4 Å². The molecule has 0 fully saturated rings. The van der Waals surface area contributed by atoms with Gasteiger partial charge in [-0.1, -0.05) is 18.2 Å². The molecule has 33 heavy (non-hydrogen) atoms. The van der Waals surface area contributed by atoms with Gasteiger partial charge in [0.2, 0.25) is 0 Å². The number of anilines is 1. The van der Waals surface area contributed by atoms with Crippen LogP contribution in [0.15, 0.2) is 54.6 Å². The number of hydrogen-bond acceptors (Lipinski definition) is 3. The number of fused-ring (bicyclic) bond motifs is 1. The smallest absolute Gasteiger partial charge is 0.266 e. The van der Waals surface area contributed by atoms with Crippen LogP contribution >= 0.6 is 0 Å². The van der Waals surface area contributed by atoms with Gasteiger partial charge in [-0.25, -0.2) is 13.7 Å². The van der Waals surface area contributed by atoms with Crippen LogP contribution in [0.2, 0.25) is 0 Å². The van der Waals surface area contributed by atoms with Gasteiger partial charge in [0.05, 0.1) is 22.9 Å². The fourth-order valence-electron chi connectivity index (χ4n) is 3.93. The third kappa shape index (κ3) is 3.80. The van der Waals surface area contributed by atoms with E-state index in [2.05, 4.69) is 0 Å². The minimum atomic E-state index is -0.992. The number of halogens is 2. The lowest BCUT2D eigenvalue weighted by Crippen LogP contribution is -2.30. The molecule has 1 heterocycles. The summed E-state index contributed by atoms with van der Waals surface area (Å²) in [5.41, 5.74) is 3.24. The molecule has 1 aliphatic heterocycles. The Bertz CT molecular complexity index is 1320. The predicted octanol–water partition coefficient (Wildman–Crippen LogP) is 5.22. The second-order valence-electron chi connectivity index (χ2n) is 8.26. The van der Waals surface area contributed by atoms with Gasteiger partial charge in [-0.15, -0.1) is 0 Å². The molecule has 4 rings (SSSR count). The molecule has 0 radical (unpaired) electrons. The van der Waals surface area contributed by atoms with E-state index in [9.17, 15) is 23.2 Å². The van der Waals surface area contributed by atoms with Crippen molar-refractivity contribution in [2.24, 2.45) is 0 Å². The number of aryl methyl sites for hydroxylation is 2. The lowest BCUT2D eigenvalue weighted by Gasteiger charge is -2.25. The molecule has 1 aliphatic rings. The van der Waals surface area contributed by atoms with Crippen LogP contribution in [0.1, 0.15) is 60.7 Å². The van der Waals surface area contributed by atoms with Crippen molar-refractivity contribution < 1.29 is 23.2 Å². The van der Waals surface area contributed by atoms with Crippen molar-refractivity contribution in [1.82, 2.24) is 4.90 Å². The minimum absolute atomic E-state index is 0.153. The minimum Gasteiger partial charge on any atom is -0.335 e. The van der Waals surface area contributed by atoms with Crippen molar-refractivity contribution in [1.29, 1.82) is 0 Å². The van der Waals surface area contributed by atoms with Crippen molar-refractivity contribution in [2.45, 2.75) is 26.8 Å². The number of rotatable bonds is 4. The summed E-state index contributed by atoms with van der Waals surface area (Å²) in [6.07, 6.45) is 0. The molecule has 0 aliphatic carbocycles. The molecule has 5 nitrogen and oxygen atoms in total. The van der Waals surface area contributed by atoms with Crippen LogP contribution in [0.4, 0.5) is 14.5 Å². The van der Waals surface area contributed by atoms with Crippen LogP contribution in [0.25, 0.3) is 0 Å². The predicted molar refractivity (Wildman–Crippen MR) is 120 cm³/mol. The Kier molecular flexibility index (Phi) is 5.57. The molecule has 3 amide bonds. The highest BCUT2D eigenvalue weighted by atomic mass is 19.2. The number of carbonyl (C=O) groups excluding carboxylic acids is 3. The number of nitrogens with zero attached hydrogens (tertiary/aromatic N) is 2. The zero-order chi connectivity index (χ0) is 24.0. The van der Waals surface area contributed by atoms with Gasteiger partial charge < -0.3 is 4.90 Å². The van der Waals surface area contributed by atoms with Gasteiger partial charge in [0.25, 0.3) is 17.7 Å². The van der Waals surface area contributed by atoms with Crippen LogP contribution in [0, 0.1) is 25.5 Å². The van der Waals surface area contributed by atoms with E-state index in [1.165, 1.54) is 36.2 Å². The van der Waals surface area contributed by atoms with E-state index in [-0.39, 0.29) is 16.7 Å². The first kappa shape index (κ1) is 22.3. The maximum absolute atomic E-state index is 13.6. The monoisotopic (exact) mass is 448 g/mol. The Hall–Kier alpha value is -3.87. The number of benzene rings is 3. The second-order valence-corrected chi connectivity index (χ2v) is 8.26. The average Bonchev–Trinajstić information content (AvgIpc) is 3.05. The summed E-state index contributed by atoms with van der Waals surface area (Å²) >= 11 is 0. The number of carbonyl (C=O) groups is 3. The van der Waals surface area contributed by atoms with Crippen molar-refractivity contribution in [3.8, 4) is 0 Å². The third-order valence-corrected chi connectivity index (χ3v) is 6.07. The Morgan fingerprint density at radius 3 is 2.27 bits per heavy atom. The van der Waals surface area contributed by atoms with E-state index in [4.69, 9.17) is 0 Å². The van der Waals surface area contributed by atoms with Crippen molar-refractivity contribution in [3.05, 3.63) is 99.6 Å². The molecule has 0 bridgehead atoms. The number of amides is 3. The Morgan fingerprint density at radius 2 is 1.58 bits per heavy atom. The molecule has 0 aromatic heterocycles. The zero-order valence-corrected chi connectivity index (χ0v) is 18.6. The summed E-state index contributed by atoms with van der Waals surface area (Å²) in [4.78, 5) is 41.7. The highest BCUT2D eigenvalue weighted by Gasteiger charge is 2.38. The Labute approximate surface area is 190 Å². The van der Waals surface area contributed by atoms with Gasteiger partial charge in [0, 0.05) is 12.6 Å². The first-order valence-corrected chi connectivity index (χ1v) is 10.4. The topological polar surface area (TPSA) is 57.7 Å². The lowest BCUT2D eigenvalue weighted by atomic mass is 10.0. The Balaban J connectivity index is 1.64. The van der Waals surface area contributed by atoms with E-state index in [1.54, 1.807) is 13.0 Å². The maximum Gasteiger partial charge on any atom is 0.266 e. The average molecular weight is 448 g/mol. The van der Waals surface area contributed by atoms with Gasteiger partial charge in [-0.05, 0) is 73.9 Å². The van der Waals surface area contributed by atoms with Crippen LogP contribution < -0.4 is 4.90 Å². The number of hydrogen-bond donors (Lipinski definition) is 0. The molecular weight excluding hydrogens is 426 g/mol. The molecule has 0 saturated heterocycles. The third-order valence-electron chi connectivity index (χ3n) is 6.07. The van der Waals surface area contributed by atoms with E-state index < -0.39 is 35.4 Å². The summed E-state index contributed by atoms with van der Waals surface area (Å²) < 4.78 is 26.9. The van der Waals surface area contributed by atoms with Crippen molar-refractivity contribution in [3.63, 3.8) is 0 Å². The van der Waals surface area contributed by atoms with Gasteiger partial charge in [0.15, 0.2) is 11.6 Å². The number of imide groups is 1. The Morgan fingerprint density at radius 1 is 0.879 bits per heavy atom. The van der Waals surface area contributed by atoms with Crippen LogP contribution in [-0.2, 0) is 0 Å². The highest BCUT2D eigenvalue weighted by molar-refractivity contribution is 6.35. The van der Waals surface area contributed by atoms with E-state index in [0.717, 1.165) is 28.2 Å². The van der Waals surface area contributed by atoms with E-state index >= 15 is 0 Å². The van der Waals surface area contributed by atoms with Gasteiger partial charge in [-0.3, -0.25) is 14.4 Å². The summed E-state index contributed by atoms with van der Waals surface area (Å²) in [7, 11) is 1.54. The molecule has 168 valence electrons. The van der Waals surface area contributed by atoms with E-state index in [1.807, 2.05) is 26.0 Å². The summed E-state index contributed by atoms with van der Waals surface area (Å²) in [6.45, 7) is 5.39. The standard InChI is InChI=1S/C26H22F2N2O3/c1-14-5-6-15(2)23(11-14)30-25(32)19-9-7-18(12-20(19)26(30)33)24(31)29(4)16(3)17-8-10-21(27)22(28)13-17/h5-13,16H,1-4H3. The molecule has 1 atom stereocenters. The van der Waals surface area contributed by atoms with Crippen molar-refractivity contribution in [2.75, 3.05) is 11.9 Å². The van der Waals surface area contributed by atoms with Gasteiger partial charge >= 0.3 is 0 Å². The molecular formula is C26H22F2N2O3. The molecule has 0 N–H and O–H groups in total. The first-order valence-electron chi connectivity index (χ1n) is 10.4.